The normalized spacial score (nSPS) is 11.3. The van der Waals surface area contributed by atoms with E-state index in [2.05, 4.69) is 33.9 Å². The SMILES string of the molecule is C=CCN(CC=C)C(=O)C[P+](CCCC)(CCCC)CCCC. The standard InChI is InChI=1S/C20H39NOP/c1-6-11-16-23(17-12-7-2,18-13-8-3)19-20(22)21(14-9-4)15-10-5/h9-10H,4-8,11-19H2,1-3H3/q+1. The van der Waals surface area contributed by atoms with Crippen molar-refractivity contribution in [3.05, 3.63) is 25.3 Å². The van der Waals surface area contributed by atoms with Crippen molar-refractivity contribution in [2.75, 3.05) is 37.7 Å². The molecule has 0 saturated carbocycles. The molecule has 0 radical (unpaired) electrons. The summed E-state index contributed by atoms with van der Waals surface area (Å²) in [4.78, 5) is 14.8. The lowest BCUT2D eigenvalue weighted by Gasteiger charge is -2.30. The first-order valence-electron chi connectivity index (χ1n) is 9.43. The number of amides is 1. The molecule has 0 spiro atoms. The first-order chi connectivity index (χ1) is 11.1. The number of rotatable bonds is 15. The maximum Gasteiger partial charge on any atom is 0.260 e. The van der Waals surface area contributed by atoms with Crippen molar-refractivity contribution in [1.82, 2.24) is 4.90 Å². The fourth-order valence-corrected chi connectivity index (χ4v) is 7.91. The van der Waals surface area contributed by atoms with E-state index in [1.807, 2.05) is 17.1 Å². The fourth-order valence-electron chi connectivity index (χ4n) is 3.03. The Balaban J connectivity index is 5.13. The van der Waals surface area contributed by atoms with Crippen molar-refractivity contribution in [2.24, 2.45) is 0 Å². The van der Waals surface area contributed by atoms with Gasteiger partial charge in [0.25, 0.3) is 5.91 Å². The first kappa shape index (κ1) is 22.4. The quantitative estimate of drug-likeness (QED) is 0.280. The summed E-state index contributed by atoms with van der Waals surface area (Å²) in [5, 5.41) is 0. The third-order valence-electron chi connectivity index (χ3n) is 4.48. The van der Waals surface area contributed by atoms with Crippen molar-refractivity contribution in [2.45, 2.75) is 59.3 Å². The van der Waals surface area contributed by atoms with Crippen molar-refractivity contribution in [1.29, 1.82) is 0 Å². The zero-order chi connectivity index (χ0) is 17.6. The van der Waals surface area contributed by atoms with Gasteiger partial charge < -0.3 is 4.90 Å². The van der Waals surface area contributed by atoms with Gasteiger partial charge in [-0.25, -0.2) is 0 Å². The summed E-state index contributed by atoms with van der Waals surface area (Å²) in [6.45, 7) is 15.6. The van der Waals surface area contributed by atoms with Crippen molar-refractivity contribution < 1.29 is 4.79 Å². The highest BCUT2D eigenvalue weighted by Gasteiger charge is 2.39. The van der Waals surface area contributed by atoms with E-state index in [9.17, 15) is 4.79 Å². The van der Waals surface area contributed by atoms with E-state index in [1.54, 1.807) is 0 Å². The van der Waals surface area contributed by atoms with Gasteiger partial charge >= 0.3 is 0 Å². The molecule has 1 amide bonds. The van der Waals surface area contributed by atoms with Crippen LogP contribution >= 0.6 is 7.26 Å². The summed E-state index contributed by atoms with van der Waals surface area (Å²) in [5.74, 6) is 0.321. The monoisotopic (exact) mass is 340 g/mol. The van der Waals surface area contributed by atoms with E-state index in [0.29, 0.717) is 19.0 Å². The number of unbranched alkanes of at least 4 members (excludes halogenated alkanes) is 3. The molecule has 0 rings (SSSR count). The number of nitrogens with zero attached hydrogens (tertiary/aromatic N) is 1. The fraction of sp³-hybridized carbons (Fsp3) is 0.750. The molecule has 0 fully saturated rings. The lowest BCUT2D eigenvalue weighted by molar-refractivity contribution is -0.127. The molecule has 3 heteroatoms. The van der Waals surface area contributed by atoms with Crippen molar-refractivity contribution in [3.63, 3.8) is 0 Å². The Morgan fingerprint density at radius 2 is 1.26 bits per heavy atom. The van der Waals surface area contributed by atoms with Gasteiger partial charge in [-0.3, -0.25) is 4.79 Å². The van der Waals surface area contributed by atoms with E-state index in [-0.39, 0.29) is 0 Å². The number of hydrogen-bond acceptors (Lipinski definition) is 1. The van der Waals surface area contributed by atoms with Crippen molar-refractivity contribution in [3.8, 4) is 0 Å². The molecule has 0 aromatic carbocycles. The Morgan fingerprint density at radius 3 is 1.57 bits per heavy atom. The number of carbonyl (C=O) groups is 1. The van der Waals surface area contributed by atoms with Gasteiger partial charge in [0.05, 0.1) is 18.5 Å². The molecule has 23 heavy (non-hydrogen) atoms. The average molecular weight is 341 g/mol. The molecule has 0 atom stereocenters. The molecule has 0 N–H and O–H groups in total. The van der Waals surface area contributed by atoms with Crippen molar-refractivity contribution >= 4 is 13.2 Å². The lowest BCUT2D eigenvalue weighted by Crippen LogP contribution is -2.35. The van der Waals surface area contributed by atoms with Gasteiger partial charge in [0, 0.05) is 20.4 Å². The Kier molecular flexibility index (Phi) is 13.4. The van der Waals surface area contributed by atoms with E-state index in [1.165, 1.54) is 57.0 Å². The minimum absolute atomic E-state index is 0.321. The third-order valence-corrected chi connectivity index (χ3v) is 9.22. The van der Waals surface area contributed by atoms with Crippen LogP contribution in [0.15, 0.2) is 25.3 Å². The molecular formula is C20H39NOP+. The molecule has 0 saturated heterocycles. The van der Waals surface area contributed by atoms with Gasteiger partial charge in [-0.1, -0.05) is 52.2 Å². The highest BCUT2D eigenvalue weighted by Crippen LogP contribution is 2.60. The second kappa shape index (κ2) is 13.8. The topological polar surface area (TPSA) is 20.3 Å². The highest BCUT2D eigenvalue weighted by molar-refractivity contribution is 7.76. The van der Waals surface area contributed by atoms with Crippen LogP contribution in [0.3, 0.4) is 0 Å². The molecule has 0 bridgehead atoms. The van der Waals surface area contributed by atoms with Crippen LogP contribution in [-0.2, 0) is 4.79 Å². The van der Waals surface area contributed by atoms with Crippen LogP contribution < -0.4 is 0 Å². The molecule has 2 nitrogen and oxygen atoms in total. The van der Waals surface area contributed by atoms with Crippen LogP contribution in [0.25, 0.3) is 0 Å². The summed E-state index contributed by atoms with van der Waals surface area (Å²) in [6.07, 6.45) is 15.9. The minimum atomic E-state index is -1.16. The predicted octanol–water partition coefficient (Wildman–Crippen LogP) is 5.60. The summed E-state index contributed by atoms with van der Waals surface area (Å²) in [5.41, 5.74) is 0. The largest absolute Gasteiger partial charge is 0.332 e. The lowest BCUT2D eigenvalue weighted by atomic mass is 10.4. The van der Waals surface area contributed by atoms with Crippen LogP contribution in [0.2, 0.25) is 0 Å². The molecular weight excluding hydrogens is 301 g/mol. The smallest absolute Gasteiger partial charge is 0.260 e. The van der Waals surface area contributed by atoms with E-state index >= 15 is 0 Å². The highest BCUT2D eigenvalue weighted by atomic mass is 31.2. The second-order valence-corrected chi connectivity index (χ2v) is 10.9. The molecule has 0 aliphatic heterocycles. The molecule has 0 aliphatic rings. The maximum atomic E-state index is 12.9. The summed E-state index contributed by atoms with van der Waals surface area (Å²) in [7, 11) is -1.16. The summed E-state index contributed by atoms with van der Waals surface area (Å²) < 4.78 is 0. The van der Waals surface area contributed by atoms with Crippen LogP contribution in [0, 0.1) is 0 Å². The number of hydrogen-bond donors (Lipinski definition) is 0. The molecule has 134 valence electrons. The van der Waals surface area contributed by atoms with Crippen LogP contribution in [0.5, 0.6) is 0 Å². The molecule has 0 aromatic heterocycles. The summed E-state index contributed by atoms with van der Waals surface area (Å²) in [6, 6.07) is 0. The molecule has 0 aliphatic carbocycles. The average Bonchev–Trinajstić information content (AvgIpc) is 2.55. The minimum Gasteiger partial charge on any atom is -0.332 e. The van der Waals surface area contributed by atoms with E-state index in [0.717, 1.165) is 6.16 Å². The second-order valence-electron chi connectivity index (χ2n) is 6.61. The van der Waals surface area contributed by atoms with Gasteiger partial charge in [0.1, 0.15) is 6.16 Å². The molecule has 0 aromatic rings. The number of carbonyl (C=O) groups excluding carboxylic acids is 1. The van der Waals surface area contributed by atoms with Crippen LogP contribution in [0.1, 0.15) is 59.3 Å². The first-order valence-corrected chi connectivity index (χ1v) is 12.0. The Bertz CT molecular complexity index is 309. The Hall–Kier alpha value is -0.620. The van der Waals surface area contributed by atoms with Crippen LogP contribution in [0.4, 0.5) is 0 Å². The summed E-state index contributed by atoms with van der Waals surface area (Å²) >= 11 is 0. The molecule has 0 heterocycles. The van der Waals surface area contributed by atoms with E-state index in [4.69, 9.17) is 0 Å². The Morgan fingerprint density at radius 1 is 0.870 bits per heavy atom. The van der Waals surface area contributed by atoms with Gasteiger partial charge in [-0.05, 0) is 19.3 Å². The zero-order valence-corrected chi connectivity index (χ0v) is 16.8. The van der Waals surface area contributed by atoms with E-state index < -0.39 is 7.26 Å². The van der Waals surface area contributed by atoms with Gasteiger partial charge in [-0.2, -0.15) is 0 Å². The predicted molar refractivity (Wildman–Crippen MR) is 108 cm³/mol. The van der Waals surface area contributed by atoms with Gasteiger partial charge in [0.15, 0.2) is 0 Å². The maximum absolute atomic E-state index is 12.9. The van der Waals surface area contributed by atoms with Crippen LogP contribution in [-0.4, -0.2) is 48.5 Å². The molecule has 0 unspecified atom stereocenters. The zero-order valence-electron chi connectivity index (χ0n) is 15.9. The van der Waals surface area contributed by atoms with Gasteiger partial charge in [0.2, 0.25) is 0 Å². The van der Waals surface area contributed by atoms with Gasteiger partial charge in [-0.15, -0.1) is 13.2 Å². The third kappa shape index (κ3) is 9.30. The Labute approximate surface area is 145 Å².